The first kappa shape index (κ1) is 16.2. The van der Waals surface area contributed by atoms with E-state index in [1.54, 1.807) is 0 Å². The standard InChI is InChI=1S/C20H22N2O2/c1-14(2)20(24)21-17-9-10-18-16(12-17)8-11-19(23)22(18)13-15-6-4-3-5-7-15/h3-7,9-10,12,14H,8,11,13H2,1-2H3,(H,21,24). The van der Waals surface area contributed by atoms with Crippen LogP contribution >= 0.6 is 0 Å². The van der Waals surface area contributed by atoms with Gasteiger partial charge in [0.05, 0.1) is 6.54 Å². The zero-order valence-electron chi connectivity index (χ0n) is 14.1. The SMILES string of the molecule is CC(C)C(=O)Nc1ccc2c(c1)CCC(=O)N2Cc1ccccc1. The normalized spacial score (nSPS) is 13.8. The number of anilines is 2. The maximum Gasteiger partial charge on any atom is 0.227 e. The first-order chi connectivity index (χ1) is 11.5. The minimum Gasteiger partial charge on any atom is -0.326 e. The maximum absolute atomic E-state index is 12.4. The summed E-state index contributed by atoms with van der Waals surface area (Å²) in [6.07, 6.45) is 1.21. The van der Waals surface area contributed by atoms with Crippen LogP contribution in [0.3, 0.4) is 0 Å². The molecule has 0 unspecified atom stereocenters. The van der Waals surface area contributed by atoms with E-state index in [1.807, 2.05) is 67.3 Å². The third-order valence-electron chi connectivity index (χ3n) is 4.25. The van der Waals surface area contributed by atoms with Crippen LogP contribution in [0, 0.1) is 5.92 Å². The predicted octanol–water partition coefficient (Wildman–Crippen LogP) is 3.76. The van der Waals surface area contributed by atoms with Crippen LogP contribution in [0.15, 0.2) is 48.5 Å². The van der Waals surface area contributed by atoms with Crippen LogP contribution < -0.4 is 10.2 Å². The summed E-state index contributed by atoms with van der Waals surface area (Å²) in [5.41, 5.74) is 3.95. The molecule has 0 aliphatic carbocycles. The van der Waals surface area contributed by atoms with E-state index in [4.69, 9.17) is 0 Å². The van der Waals surface area contributed by atoms with E-state index in [2.05, 4.69) is 5.32 Å². The number of hydrogen-bond acceptors (Lipinski definition) is 2. The largest absolute Gasteiger partial charge is 0.326 e. The zero-order chi connectivity index (χ0) is 17.1. The summed E-state index contributed by atoms with van der Waals surface area (Å²) < 4.78 is 0. The van der Waals surface area contributed by atoms with Crippen molar-refractivity contribution in [3.63, 3.8) is 0 Å². The molecule has 2 aromatic carbocycles. The number of nitrogens with zero attached hydrogens (tertiary/aromatic N) is 1. The van der Waals surface area contributed by atoms with Gasteiger partial charge < -0.3 is 10.2 Å². The Morgan fingerprint density at radius 2 is 1.88 bits per heavy atom. The van der Waals surface area contributed by atoms with Gasteiger partial charge in [0.1, 0.15) is 0 Å². The number of fused-ring (bicyclic) bond motifs is 1. The van der Waals surface area contributed by atoms with Crippen molar-refractivity contribution in [2.75, 3.05) is 10.2 Å². The predicted molar refractivity (Wildman–Crippen MR) is 95.9 cm³/mol. The molecular weight excluding hydrogens is 300 g/mol. The summed E-state index contributed by atoms with van der Waals surface area (Å²) in [7, 11) is 0. The zero-order valence-corrected chi connectivity index (χ0v) is 14.1. The Morgan fingerprint density at radius 3 is 2.58 bits per heavy atom. The van der Waals surface area contributed by atoms with Crippen molar-refractivity contribution in [2.24, 2.45) is 5.92 Å². The molecule has 2 amide bonds. The number of nitrogens with one attached hydrogen (secondary N) is 1. The van der Waals surface area contributed by atoms with Gasteiger partial charge in [-0.1, -0.05) is 44.2 Å². The van der Waals surface area contributed by atoms with Gasteiger partial charge in [0, 0.05) is 23.7 Å². The highest BCUT2D eigenvalue weighted by Gasteiger charge is 2.24. The minimum absolute atomic E-state index is 0.00276. The summed E-state index contributed by atoms with van der Waals surface area (Å²) in [4.78, 5) is 26.1. The molecule has 1 heterocycles. The van der Waals surface area contributed by atoms with Crippen molar-refractivity contribution in [1.29, 1.82) is 0 Å². The fraction of sp³-hybridized carbons (Fsp3) is 0.300. The smallest absolute Gasteiger partial charge is 0.227 e. The van der Waals surface area contributed by atoms with Crippen LogP contribution in [0.4, 0.5) is 11.4 Å². The highest BCUT2D eigenvalue weighted by Crippen LogP contribution is 2.31. The quantitative estimate of drug-likeness (QED) is 0.932. The van der Waals surface area contributed by atoms with E-state index < -0.39 is 0 Å². The maximum atomic E-state index is 12.4. The molecule has 0 spiro atoms. The van der Waals surface area contributed by atoms with Gasteiger partial charge in [-0.2, -0.15) is 0 Å². The Labute approximate surface area is 142 Å². The lowest BCUT2D eigenvalue weighted by Gasteiger charge is -2.30. The molecule has 1 aliphatic heterocycles. The first-order valence-corrected chi connectivity index (χ1v) is 8.32. The lowest BCUT2D eigenvalue weighted by Crippen LogP contribution is -2.34. The van der Waals surface area contributed by atoms with Gasteiger partial charge in [0.2, 0.25) is 11.8 Å². The molecule has 4 heteroatoms. The Hall–Kier alpha value is -2.62. The van der Waals surface area contributed by atoms with Crippen molar-refractivity contribution in [3.8, 4) is 0 Å². The molecule has 1 N–H and O–H groups in total. The lowest BCUT2D eigenvalue weighted by molar-refractivity contribution is -0.119. The molecule has 4 nitrogen and oxygen atoms in total. The van der Waals surface area contributed by atoms with E-state index in [0.717, 1.165) is 22.5 Å². The molecule has 1 aliphatic rings. The van der Waals surface area contributed by atoms with Crippen LogP contribution in [0.25, 0.3) is 0 Å². The lowest BCUT2D eigenvalue weighted by atomic mass is 9.99. The van der Waals surface area contributed by atoms with Gasteiger partial charge >= 0.3 is 0 Å². The van der Waals surface area contributed by atoms with E-state index in [1.165, 1.54) is 0 Å². The molecule has 0 aromatic heterocycles. The highest BCUT2D eigenvalue weighted by molar-refractivity contribution is 5.97. The molecule has 2 aromatic rings. The minimum atomic E-state index is -0.0582. The third kappa shape index (κ3) is 3.48. The van der Waals surface area contributed by atoms with E-state index >= 15 is 0 Å². The van der Waals surface area contributed by atoms with E-state index in [-0.39, 0.29) is 17.7 Å². The summed E-state index contributed by atoms with van der Waals surface area (Å²) >= 11 is 0. The molecule has 3 rings (SSSR count). The topological polar surface area (TPSA) is 49.4 Å². The highest BCUT2D eigenvalue weighted by atomic mass is 16.2. The summed E-state index contributed by atoms with van der Waals surface area (Å²) in [5, 5.41) is 2.92. The fourth-order valence-electron chi connectivity index (χ4n) is 2.86. The number of benzene rings is 2. The van der Waals surface area contributed by atoms with Crippen LogP contribution in [-0.2, 0) is 22.6 Å². The monoisotopic (exact) mass is 322 g/mol. The van der Waals surface area contributed by atoms with Crippen LogP contribution in [-0.4, -0.2) is 11.8 Å². The second-order valence-corrected chi connectivity index (χ2v) is 6.45. The van der Waals surface area contributed by atoms with Gasteiger partial charge in [-0.15, -0.1) is 0 Å². The summed E-state index contributed by atoms with van der Waals surface area (Å²) in [6.45, 7) is 4.31. The molecule has 0 bridgehead atoms. The van der Waals surface area contributed by atoms with Gasteiger partial charge in [0.25, 0.3) is 0 Å². The molecule has 24 heavy (non-hydrogen) atoms. The summed E-state index contributed by atoms with van der Waals surface area (Å²) in [5.74, 6) is 0.0884. The number of amides is 2. The Kier molecular flexibility index (Phi) is 4.65. The second-order valence-electron chi connectivity index (χ2n) is 6.45. The van der Waals surface area contributed by atoms with Gasteiger partial charge in [0.15, 0.2) is 0 Å². The number of rotatable bonds is 4. The van der Waals surface area contributed by atoms with Crippen LogP contribution in [0.1, 0.15) is 31.4 Å². The van der Waals surface area contributed by atoms with Crippen LogP contribution in [0.2, 0.25) is 0 Å². The molecule has 124 valence electrons. The van der Waals surface area contributed by atoms with Crippen molar-refractivity contribution in [3.05, 3.63) is 59.7 Å². The van der Waals surface area contributed by atoms with Gasteiger partial charge in [-0.25, -0.2) is 0 Å². The van der Waals surface area contributed by atoms with Crippen molar-refractivity contribution in [1.82, 2.24) is 0 Å². The Bertz CT molecular complexity index is 753. The number of carbonyl (C=O) groups is 2. The molecular formula is C20H22N2O2. The average Bonchev–Trinajstić information content (AvgIpc) is 2.58. The van der Waals surface area contributed by atoms with Crippen molar-refractivity contribution in [2.45, 2.75) is 33.2 Å². The van der Waals surface area contributed by atoms with Crippen molar-refractivity contribution >= 4 is 23.2 Å². The van der Waals surface area contributed by atoms with E-state index in [9.17, 15) is 9.59 Å². The van der Waals surface area contributed by atoms with Crippen LogP contribution in [0.5, 0.6) is 0 Å². The average molecular weight is 322 g/mol. The Balaban J connectivity index is 1.85. The Morgan fingerprint density at radius 1 is 1.12 bits per heavy atom. The second kappa shape index (κ2) is 6.87. The van der Waals surface area contributed by atoms with Gasteiger partial charge in [-0.3, -0.25) is 9.59 Å². The fourth-order valence-corrected chi connectivity index (χ4v) is 2.86. The molecule has 0 radical (unpaired) electrons. The van der Waals surface area contributed by atoms with Gasteiger partial charge in [-0.05, 0) is 35.7 Å². The number of hydrogen-bond donors (Lipinski definition) is 1. The number of aryl methyl sites for hydroxylation is 1. The van der Waals surface area contributed by atoms with E-state index in [0.29, 0.717) is 19.4 Å². The third-order valence-corrected chi connectivity index (χ3v) is 4.25. The molecule has 0 saturated heterocycles. The van der Waals surface area contributed by atoms with Crippen molar-refractivity contribution < 1.29 is 9.59 Å². The first-order valence-electron chi connectivity index (χ1n) is 8.32. The number of carbonyl (C=O) groups excluding carboxylic acids is 2. The molecule has 0 saturated carbocycles. The summed E-state index contributed by atoms with van der Waals surface area (Å²) in [6, 6.07) is 15.8. The molecule has 0 fully saturated rings. The molecule has 0 atom stereocenters.